The number of nitrogens with one attached hydrogen (secondary N) is 1. The minimum Gasteiger partial charge on any atom is -0.493 e. The lowest BCUT2D eigenvalue weighted by Crippen LogP contribution is -2.30. The van der Waals surface area contributed by atoms with Crippen LogP contribution in [-0.2, 0) is 6.42 Å². The number of carbonyl (C=O) groups is 2. The maximum absolute atomic E-state index is 13.3. The van der Waals surface area contributed by atoms with E-state index < -0.39 is 5.91 Å². The molecular weight excluding hydrogens is 427 g/mol. The molecule has 3 aromatic rings. The highest BCUT2D eigenvalue weighted by Gasteiger charge is 2.15. The highest BCUT2D eigenvalue weighted by Crippen LogP contribution is 2.28. The van der Waals surface area contributed by atoms with Gasteiger partial charge in [-0.2, -0.15) is 0 Å². The van der Waals surface area contributed by atoms with Crippen LogP contribution in [0.3, 0.4) is 0 Å². The first-order chi connectivity index (χ1) is 15.9. The second kappa shape index (κ2) is 11.2. The Morgan fingerprint density at radius 3 is 2.48 bits per heavy atom. The Morgan fingerprint density at radius 2 is 1.82 bits per heavy atom. The van der Waals surface area contributed by atoms with Crippen LogP contribution >= 0.6 is 0 Å². The van der Waals surface area contributed by atoms with E-state index in [0.29, 0.717) is 34.7 Å². The fraction of sp³-hybridized carbons (Fsp3) is 0.240. The number of methoxy groups -OCH3 is 1. The van der Waals surface area contributed by atoms with Gasteiger partial charge in [-0.15, -0.1) is 0 Å². The summed E-state index contributed by atoms with van der Waals surface area (Å²) in [5, 5.41) is 11.5. The third kappa shape index (κ3) is 6.14. The Morgan fingerprint density at radius 1 is 1.06 bits per heavy atom. The summed E-state index contributed by atoms with van der Waals surface area (Å²) in [5.74, 6) is -0.427. The van der Waals surface area contributed by atoms with E-state index in [1.165, 1.54) is 31.4 Å². The van der Waals surface area contributed by atoms with Gasteiger partial charge in [-0.1, -0.05) is 6.92 Å². The molecule has 0 radical (unpaired) electrons. The Kier molecular flexibility index (Phi) is 8.10. The van der Waals surface area contributed by atoms with E-state index in [1.54, 1.807) is 24.3 Å². The molecule has 0 saturated carbocycles. The van der Waals surface area contributed by atoms with Crippen molar-refractivity contribution in [1.82, 2.24) is 10.3 Å². The Hall–Kier alpha value is -3.78. The molecule has 0 unspecified atom stereocenters. The lowest BCUT2D eigenvalue weighted by Gasteiger charge is -2.12. The standard InChI is InChI=1S/C25H25FN2O5/c1-3-16-12-20(17-4-7-19(26)8-5-17)28-21(13-16)22(30)15-27-25(31)18-6-9-23(33-11-10-29)24(14-18)32-2/h4-9,12-14,29H,3,10-11,15H2,1-2H3,(H,27,31). The van der Waals surface area contributed by atoms with Crippen LogP contribution in [-0.4, -0.2) is 48.6 Å². The highest BCUT2D eigenvalue weighted by atomic mass is 19.1. The van der Waals surface area contributed by atoms with Crippen LogP contribution in [0.15, 0.2) is 54.6 Å². The van der Waals surface area contributed by atoms with Crippen molar-refractivity contribution in [3.8, 4) is 22.8 Å². The number of hydrogen-bond donors (Lipinski definition) is 2. The van der Waals surface area contributed by atoms with Gasteiger partial charge in [0.1, 0.15) is 18.1 Å². The molecule has 0 aliphatic heterocycles. The first kappa shape index (κ1) is 23.9. The molecule has 3 rings (SSSR count). The molecule has 0 bridgehead atoms. The second-order valence-corrected chi connectivity index (χ2v) is 7.15. The molecule has 0 spiro atoms. The van der Waals surface area contributed by atoms with E-state index in [0.717, 1.165) is 5.56 Å². The van der Waals surface area contributed by atoms with Crippen molar-refractivity contribution in [2.45, 2.75) is 13.3 Å². The summed E-state index contributed by atoms with van der Waals surface area (Å²) in [6.45, 7) is 1.66. The van der Waals surface area contributed by atoms with Crippen molar-refractivity contribution >= 4 is 11.7 Å². The second-order valence-electron chi connectivity index (χ2n) is 7.15. The molecule has 7 nitrogen and oxygen atoms in total. The largest absolute Gasteiger partial charge is 0.493 e. The van der Waals surface area contributed by atoms with Gasteiger partial charge in [-0.25, -0.2) is 9.37 Å². The Labute approximate surface area is 191 Å². The summed E-state index contributed by atoms with van der Waals surface area (Å²) >= 11 is 0. The molecule has 0 aliphatic rings. The Bertz CT molecular complexity index is 1130. The van der Waals surface area contributed by atoms with Gasteiger partial charge < -0.3 is 19.9 Å². The topological polar surface area (TPSA) is 97.8 Å². The van der Waals surface area contributed by atoms with E-state index in [1.807, 2.05) is 13.0 Å². The van der Waals surface area contributed by atoms with Crippen LogP contribution in [0.5, 0.6) is 11.5 Å². The zero-order chi connectivity index (χ0) is 23.8. The van der Waals surface area contributed by atoms with E-state index in [2.05, 4.69) is 10.3 Å². The molecule has 1 amide bonds. The number of aromatic nitrogens is 1. The minimum atomic E-state index is -0.458. The molecule has 172 valence electrons. The fourth-order valence-corrected chi connectivity index (χ4v) is 3.14. The average molecular weight is 452 g/mol. The number of carbonyl (C=O) groups excluding carboxylic acids is 2. The maximum Gasteiger partial charge on any atom is 0.251 e. The Balaban J connectivity index is 1.73. The van der Waals surface area contributed by atoms with Crippen molar-refractivity contribution < 1.29 is 28.6 Å². The van der Waals surface area contributed by atoms with Crippen molar-refractivity contribution in [3.05, 3.63) is 77.2 Å². The minimum absolute atomic E-state index is 0.0974. The highest BCUT2D eigenvalue weighted by molar-refractivity contribution is 6.01. The molecule has 0 saturated heterocycles. The molecule has 1 heterocycles. The first-order valence-electron chi connectivity index (χ1n) is 10.4. The van der Waals surface area contributed by atoms with Crippen molar-refractivity contribution in [3.63, 3.8) is 0 Å². The van der Waals surface area contributed by atoms with Gasteiger partial charge >= 0.3 is 0 Å². The van der Waals surface area contributed by atoms with Gasteiger partial charge in [0.05, 0.1) is 26.0 Å². The van der Waals surface area contributed by atoms with E-state index in [4.69, 9.17) is 14.6 Å². The number of aliphatic hydroxyl groups is 1. The number of halogens is 1. The third-order valence-electron chi connectivity index (χ3n) is 4.90. The van der Waals surface area contributed by atoms with Gasteiger partial charge in [0, 0.05) is 11.1 Å². The number of aryl methyl sites for hydroxylation is 1. The molecule has 8 heteroatoms. The average Bonchev–Trinajstić information content (AvgIpc) is 2.85. The molecular formula is C25H25FN2O5. The predicted octanol–water partition coefficient (Wildman–Crippen LogP) is 3.44. The maximum atomic E-state index is 13.3. The number of Topliss-reactive ketones (excluding diaryl/α,β-unsaturated/α-hetero) is 1. The van der Waals surface area contributed by atoms with E-state index in [9.17, 15) is 14.0 Å². The van der Waals surface area contributed by atoms with Crippen molar-refractivity contribution in [2.75, 3.05) is 26.9 Å². The fourth-order valence-electron chi connectivity index (χ4n) is 3.14. The third-order valence-corrected chi connectivity index (χ3v) is 4.90. The van der Waals surface area contributed by atoms with Crippen LogP contribution < -0.4 is 14.8 Å². The number of aliphatic hydroxyl groups excluding tert-OH is 1. The molecule has 0 atom stereocenters. The number of benzene rings is 2. The summed E-state index contributed by atoms with van der Waals surface area (Å²) in [5.41, 5.74) is 2.67. The SMILES string of the molecule is CCc1cc(C(=O)CNC(=O)c2ccc(OCCO)c(OC)c2)nc(-c2ccc(F)cc2)c1. The predicted molar refractivity (Wildman–Crippen MR) is 121 cm³/mol. The van der Waals surface area contributed by atoms with Crippen LogP contribution in [0.1, 0.15) is 33.3 Å². The van der Waals surface area contributed by atoms with Gasteiger partial charge in [-0.05, 0) is 66.6 Å². The van der Waals surface area contributed by atoms with E-state index >= 15 is 0 Å². The number of nitrogens with zero attached hydrogens (tertiary/aromatic N) is 1. The van der Waals surface area contributed by atoms with Gasteiger partial charge in [0.15, 0.2) is 17.3 Å². The van der Waals surface area contributed by atoms with Crippen LogP contribution in [0, 0.1) is 5.82 Å². The van der Waals surface area contributed by atoms with Crippen LogP contribution in [0.25, 0.3) is 11.3 Å². The molecule has 2 aromatic carbocycles. The van der Waals surface area contributed by atoms with Crippen molar-refractivity contribution in [1.29, 1.82) is 0 Å². The number of amides is 1. The smallest absolute Gasteiger partial charge is 0.251 e. The number of rotatable bonds is 10. The molecule has 2 N–H and O–H groups in total. The van der Waals surface area contributed by atoms with Crippen molar-refractivity contribution in [2.24, 2.45) is 0 Å². The molecule has 33 heavy (non-hydrogen) atoms. The summed E-state index contributed by atoms with van der Waals surface area (Å²) in [7, 11) is 1.44. The monoisotopic (exact) mass is 452 g/mol. The normalized spacial score (nSPS) is 10.5. The molecule has 0 aliphatic carbocycles. The van der Waals surface area contributed by atoms with Crippen LogP contribution in [0.2, 0.25) is 0 Å². The van der Waals surface area contributed by atoms with Gasteiger partial charge in [0.25, 0.3) is 5.91 Å². The summed E-state index contributed by atoms with van der Waals surface area (Å²) in [6, 6.07) is 14.0. The zero-order valence-electron chi connectivity index (χ0n) is 18.4. The van der Waals surface area contributed by atoms with Crippen LogP contribution in [0.4, 0.5) is 4.39 Å². The number of hydrogen-bond acceptors (Lipinski definition) is 6. The number of ether oxygens (including phenoxy) is 2. The lowest BCUT2D eigenvalue weighted by atomic mass is 10.1. The van der Waals surface area contributed by atoms with E-state index in [-0.39, 0.29) is 37.1 Å². The summed E-state index contributed by atoms with van der Waals surface area (Å²) in [4.78, 5) is 29.8. The van der Waals surface area contributed by atoms with Gasteiger partial charge in [0.2, 0.25) is 0 Å². The lowest BCUT2D eigenvalue weighted by molar-refractivity contribution is 0.0902. The number of ketones is 1. The molecule has 1 aromatic heterocycles. The first-order valence-corrected chi connectivity index (χ1v) is 10.4. The summed E-state index contributed by atoms with van der Waals surface area (Å²) < 4.78 is 23.8. The van der Waals surface area contributed by atoms with Gasteiger partial charge in [-0.3, -0.25) is 9.59 Å². The number of pyridine rings is 1. The molecule has 0 fully saturated rings. The summed E-state index contributed by atoms with van der Waals surface area (Å²) in [6.07, 6.45) is 0.688. The zero-order valence-corrected chi connectivity index (χ0v) is 18.4. The quantitative estimate of drug-likeness (QED) is 0.458.